The van der Waals surface area contributed by atoms with Gasteiger partial charge in [0, 0.05) is 102 Å². The van der Waals surface area contributed by atoms with Crippen LogP contribution in [0, 0.1) is 23.2 Å². The number of imide groups is 2. The molecule has 0 aliphatic carbocycles. The molecule has 1 atom stereocenters. The van der Waals surface area contributed by atoms with Gasteiger partial charge >= 0.3 is 0 Å². The number of anilines is 4. The standard InChI is InChI=1S/C46H53ClN10O5/c47-39-26-35(2-1-32(39)27-48)53-17-11-31(12-18-53)43(59)50-41-7-4-36(28-49-41)55-15-9-30(10-16-55)29-52-21-23-56(24-22-52)33-13-19-54(20-14-33)34-3-5-37-38(25-34)46(62)57(45(37)61)40-6-8-42(58)51-44(40)60/h1-5,7,25-26,28,30-31,33,40H,6,8-24,29H2,(H,49,50,59)(H,51,58,60). The Labute approximate surface area is 366 Å². The van der Waals surface area contributed by atoms with E-state index in [0.717, 1.165) is 132 Å². The average Bonchev–Trinajstić information content (AvgIpc) is 3.54. The first-order chi connectivity index (χ1) is 30.1. The van der Waals surface area contributed by atoms with Crippen LogP contribution in [0.4, 0.5) is 22.9 Å². The number of piperidine rings is 4. The lowest BCUT2D eigenvalue weighted by molar-refractivity contribution is -0.136. The number of hydrogen-bond acceptors (Lipinski definition) is 12. The van der Waals surface area contributed by atoms with Crippen molar-refractivity contribution in [3.8, 4) is 6.07 Å². The van der Waals surface area contributed by atoms with E-state index in [-0.39, 0.29) is 30.6 Å². The van der Waals surface area contributed by atoms with Crippen LogP contribution in [0.15, 0.2) is 54.7 Å². The Morgan fingerprint density at radius 1 is 0.742 bits per heavy atom. The lowest BCUT2D eigenvalue weighted by atomic mass is 9.95. The largest absolute Gasteiger partial charge is 0.371 e. The maximum Gasteiger partial charge on any atom is 0.262 e. The molecule has 3 aromatic rings. The van der Waals surface area contributed by atoms with Crippen molar-refractivity contribution in [1.82, 2.24) is 25.0 Å². The maximum atomic E-state index is 13.4. The van der Waals surface area contributed by atoms with E-state index in [0.29, 0.717) is 39.5 Å². The number of fused-ring (bicyclic) bond motifs is 1. The number of pyridine rings is 1. The molecule has 0 saturated carbocycles. The number of carbonyl (C=O) groups excluding carboxylic acids is 5. The number of piperazine rings is 1. The SMILES string of the molecule is N#Cc1ccc(N2CCC(C(=O)Nc3ccc(N4CCC(CN5CCN(C6CCN(c7ccc8c(c7)C(=O)N(C7CCC(=O)NC7=O)C8=O)CC6)CC5)CC4)cn3)CC2)cc1Cl. The molecule has 7 heterocycles. The average molecular weight is 861 g/mol. The molecule has 2 aromatic carbocycles. The van der Waals surface area contributed by atoms with Crippen LogP contribution < -0.4 is 25.3 Å². The highest BCUT2D eigenvalue weighted by molar-refractivity contribution is 6.32. The van der Waals surface area contributed by atoms with Crippen molar-refractivity contribution in [1.29, 1.82) is 5.26 Å². The molecule has 5 amide bonds. The maximum absolute atomic E-state index is 13.4. The van der Waals surface area contributed by atoms with Crippen molar-refractivity contribution in [3.05, 3.63) is 76.4 Å². The fraction of sp³-hybridized carbons (Fsp3) is 0.500. The summed E-state index contributed by atoms with van der Waals surface area (Å²) in [6.45, 7) is 10.6. The summed E-state index contributed by atoms with van der Waals surface area (Å²) in [4.78, 5) is 81.6. The summed E-state index contributed by atoms with van der Waals surface area (Å²) < 4.78 is 0. The summed E-state index contributed by atoms with van der Waals surface area (Å²) >= 11 is 6.24. The van der Waals surface area contributed by atoms with Crippen molar-refractivity contribution in [2.75, 3.05) is 92.0 Å². The minimum absolute atomic E-state index is 0.00420. The van der Waals surface area contributed by atoms with Crippen molar-refractivity contribution in [2.24, 2.45) is 11.8 Å². The summed E-state index contributed by atoms with van der Waals surface area (Å²) in [6, 6.07) is 16.5. The number of nitrogens with one attached hydrogen (secondary N) is 2. The third-order valence-electron chi connectivity index (χ3n) is 14.0. The van der Waals surface area contributed by atoms with Gasteiger partial charge < -0.3 is 24.9 Å². The predicted molar refractivity (Wildman–Crippen MR) is 235 cm³/mol. The monoisotopic (exact) mass is 860 g/mol. The van der Waals surface area contributed by atoms with Gasteiger partial charge in [-0.1, -0.05) is 11.6 Å². The Morgan fingerprint density at radius 2 is 1.37 bits per heavy atom. The molecule has 15 nitrogen and oxygen atoms in total. The first-order valence-electron chi connectivity index (χ1n) is 22.2. The highest BCUT2D eigenvalue weighted by atomic mass is 35.5. The zero-order chi connectivity index (χ0) is 42.9. The van der Waals surface area contributed by atoms with Gasteiger partial charge in [0.05, 0.1) is 33.6 Å². The van der Waals surface area contributed by atoms with Gasteiger partial charge in [-0.2, -0.15) is 5.26 Å². The highest BCUT2D eigenvalue weighted by Crippen LogP contribution is 2.33. The van der Waals surface area contributed by atoms with Gasteiger partial charge in [0.25, 0.3) is 11.8 Å². The number of hydrogen-bond donors (Lipinski definition) is 2. The van der Waals surface area contributed by atoms with Crippen LogP contribution in [0.5, 0.6) is 0 Å². The number of amides is 5. The van der Waals surface area contributed by atoms with Gasteiger partial charge in [0.2, 0.25) is 17.7 Å². The molecular weight excluding hydrogens is 808 g/mol. The summed E-state index contributed by atoms with van der Waals surface area (Å²) in [5, 5.41) is 14.9. The van der Waals surface area contributed by atoms with E-state index in [1.807, 2.05) is 30.5 Å². The normalized spacial score (nSPS) is 22.5. The minimum atomic E-state index is -0.962. The molecule has 16 heteroatoms. The number of nitriles is 1. The zero-order valence-corrected chi connectivity index (χ0v) is 35.7. The van der Waals surface area contributed by atoms with Gasteiger partial charge in [-0.15, -0.1) is 0 Å². The van der Waals surface area contributed by atoms with E-state index < -0.39 is 23.8 Å². The molecular formula is C46H53ClN10O5. The number of benzene rings is 2. The highest BCUT2D eigenvalue weighted by Gasteiger charge is 2.45. The molecule has 1 aromatic heterocycles. The Morgan fingerprint density at radius 3 is 2.03 bits per heavy atom. The fourth-order valence-electron chi connectivity index (χ4n) is 10.3. The van der Waals surface area contributed by atoms with Crippen LogP contribution in [-0.4, -0.2) is 133 Å². The van der Waals surface area contributed by atoms with Gasteiger partial charge in [0.15, 0.2) is 0 Å². The first kappa shape index (κ1) is 41.8. The van der Waals surface area contributed by atoms with Gasteiger partial charge in [0.1, 0.15) is 17.9 Å². The van der Waals surface area contributed by atoms with Crippen LogP contribution in [0.1, 0.15) is 77.6 Å². The van der Waals surface area contributed by atoms with E-state index >= 15 is 0 Å². The van der Waals surface area contributed by atoms with Gasteiger partial charge in [-0.3, -0.25) is 39.1 Å². The fourth-order valence-corrected chi connectivity index (χ4v) is 10.5. The minimum Gasteiger partial charge on any atom is -0.371 e. The summed E-state index contributed by atoms with van der Waals surface area (Å²) in [7, 11) is 0. The molecule has 9 rings (SSSR count). The number of aromatic nitrogens is 1. The molecule has 0 radical (unpaired) electrons. The van der Waals surface area contributed by atoms with Gasteiger partial charge in [-0.05, 0) is 99.4 Å². The molecule has 5 saturated heterocycles. The van der Waals surface area contributed by atoms with Crippen LogP contribution in [0.3, 0.4) is 0 Å². The third-order valence-corrected chi connectivity index (χ3v) is 14.3. The second-order valence-corrected chi connectivity index (χ2v) is 18.0. The van der Waals surface area contributed by atoms with E-state index in [4.69, 9.17) is 16.9 Å². The van der Waals surface area contributed by atoms with Crippen LogP contribution in [-0.2, 0) is 14.4 Å². The van der Waals surface area contributed by atoms with Crippen molar-refractivity contribution in [2.45, 2.75) is 63.5 Å². The predicted octanol–water partition coefficient (Wildman–Crippen LogP) is 4.37. The van der Waals surface area contributed by atoms with Crippen LogP contribution >= 0.6 is 11.6 Å². The second kappa shape index (κ2) is 18.0. The van der Waals surface area contributed by atoms with E-state index in [1.54, 1.807) is 18.2 Å². The summed E-state index contributed by atoms with van der Waals surface area (Å²) in [5.41, 5.74) is 4.08. The molecule has 0 spiro atoms. The van der Waals surface area contributed by atoms with Crippen molar-refractivity contribution >= 4 is 64.0 Å². The molecule has 324 valence electrons. The van der Waals surface area contributed by atoms with Crippen LogP contribution in [0.2, 0.25) is 5.02 Å². The van der Waals surface area contributed by atoms with E-state index in [1.165, 1.54) is 0 Å². The van der Waals surface area contributed by atoms with Crippen molar-refractivity contribution < 1.29 is 24.0 Å². The number of rotatable bonds is 9. The number of carbonyl (C=O) groups is 5. The quantitative estimate of drug-likeness (QED) is 0.293. The third kappa shape index (κ3) is 8.73. The lowest BCUT2D eigenvalue weighted by Gasteiger charge is -2.44. The van der Waals surface area contributed by atoms with Gasteiger partial charge in [-0.25, -0.2) is 4.98 Å². The van der Waals surface area contributed by atoms with Crippen molar-refractivity contribution in [3.63, 3.8) is 0 Å². The Hall–Kier alpha value is -5.56. The van der Waals surface area contributed by atoms with E-state index in [2.05, 4.69) is 52.3 Å². The Kier molecular flexibility index (Phi) is 12.2. The Balaban J connectivity index is 0.674. The van der Waals surface area contributed by atoms with Crippen LogP contribution in [0.25, 0.3) is 0 Å². The van der Waals surface area contributed by atoms with E-state index in [9.17, 15) is 24.0 Å². The Bertz CT molecular complexity index is 2250. The zero-order valence-electron chi connectivity index (χ0n) is 34.9. The molecule has 2 N–H and O–H groups in total. The molecule has 6 aliphatic rings. The second-order valence-electron chi connectivity index (χ2n) is 17.6. The molecule has 1 unspecified atom stereocenters. The molecule has 6 aliphatic heterocycles. The molecule has 5 fully saturated rings. The lowest BCUT2D eigenvalue weighted by Crippen LogP contribution is -2.54. The summed E-state index contributed by atoms with van der Waals surface area (Å²) in [6.07, 6.45) is 7.94. The number of halogens is 1. The molecule has 62 heavy (non-hydrogen) atoms. The smallest absolute Gasteiger partial charge is 0.262 e. The topological polar surface area (TPSA) is 166 Å². The summed E-state index contributed by atoms with van der Waals surface area (Å²) in [5.74, 6) is -0.759. The molecule has 0 bridgehead atoms. The first-order valence-corrected chi connectivity index (χ1v) is 22.5. The number of nitrogens with zero attached hydrogens (tertiary/aromatic N) is 8.